The molecule has 2 aromatic carbocycles. The quantitative estimate of drug-likeness (QED) is 0.599. The number of anilines is 1. The monoisotopic (exact) mass is 390 g/mol. The smallest absolute Gasteiger partial charge is 0.230 e. The molecule has 0 saturated heterocycles. The second-order valence-corrected chi connectivity index (χ2v) is 8.10. The van der Waals surface area contributed by atoms with Gasteiger partial charge in [-0.3, -0.25) is 14.7 Å². The van der Waals surface area contributed by atoms with Gasteiger partial charge in [0.2, 0.25) is 11.8 Å². The zero-order valence-corrected chi connectivity index (χ0v) is 16.7. The van der Waals surface area contributed by atoms with Crippen LogP contribution in [0.4, 0.5) is 5.82 Å². The fourth-order valence-corrected chi connectivity index (χ4v) is 3.77. The van der Waals surface area contributed by atoms with Crippen molar-refractivity contribution >= 4 is 28.4 Å². The number of rotatable bonds is 6. The maximum atomic E-state index is 12.5. The molecular weight excluding hydrogens is 364 g/mol. The van der Waals surface area contributed by atoms with Gasteiger partial charge in [-0.1, -0.05) is 56.3 Å². The van der Waals surface area contributed by atoms with E-state index in [1.54, 1.807) is 0 Å². The van der Waals surface area contributed by atoms with Crippen molar-refractivity contribution in [2.75, 3.05) is 5.32 Å². The highest BCUT2D eigenvalue weighted by atomic mass is 16.2. The predicted octanol–water partition coefficient (Wildman–Crippen LogP) is 3.76. The maximum Gasteiger partial charge on any atom is 0.230 e. The summed E-state index contributed by atoms with van der Waals surface area (Å²) in [7, 11) is 0. The van der Waals surface area contributed by atoms with Crippen LogP contribution < -0.4 is 10.6 Å². The number of carbonyl (C=O) groups is 2. The summed E-state index contributed by atoms with van der Waals surface area (Å²) in [5.41, 5.74) is 2.00. The number of fused-ring (bicyclic) bond motifs is 1. The summed E-state index contributed by atoms with van der Waals surface area (Å²) in [5, 5.41) is 15.4. The van der Waals surface area contributed by atoms with Crippen LogP contribution in [0.5, 0.6) is 0 Å². The van der Waals surface area contributed by atoms with E-state index in [4.69, 9.17) is 0 Å². The van der Waals surface area contributed by atoms with Crippen LogP contribution in [-0.2, 0) is 16.0 Å². The fraction of sp³-hybridized carbons (Fsp3) is 0.348. The number of aromatic nitrogens is 2. The molecule has 29 heavy (non-hydrogen) atoms. The first-order valence-electron chi connectivity index (χ1n) is 10.1. The first kappa shape index (κ1) is 19.2. The zero-order valence-electron chi connectivity index (χ0n) is 16.7. The molecule has 2 amide bonds. The molecule has 3 N–H and O–H groups in total. The van der Waals surface area contributed by atoms with E-state index in [0.717, 1.165) is 34.9 Å². The number of carbonyl (C=O) groups excluding carboxylic acids is 2. The number of benzene rings is 2. The van der Waals surface area contributed by atoms with Crippen LogP contribution in [0.25, 0.3) is 10.8 Å². The van der Waals surface area contributed by atoms with Crippen LogP contribution >= 0.6 is 0 Å². The molecule has 6 nitrogen and oxygen atoms in total. The van der Waals surface area contributed by atoms with E-state index >= 15 is 0 Å². The number of hydrogen-bond donors (Lipinski definition) is 3. The fourth-order valence-electron chi connectivity index (χ4n) is 3.77. The number of nitrogens with one attached hydrogen (secondary N) is 3. The lowest BCUT2D eigenvalue weighted by Crippen LogP contribution is -2.44. The molecule has 0 radical (unpaired) electrons. The average molecular weight is 390 g/mol. The van der Waals surface area contributed by atoms with E-state index in [2.05, 4.69) is 20.8 Å². The summed E-state index contributed by atoms with van der Waals surface area (Å²) >= 11 is 0. The normalized spacial score (nSPS) is 18.4. The van der Waals surface area contributed by atoms with Gasteiger partial charge in [-0.15, -0.1) is 0 Å². The summed E-state index contributed by atoms with van der Waals surface area (Å²) in [5.74, 6) is 0.892. The molecule has 1 heterocycles. The third kappa shape index (κ3) is 4.31. The van der Waals surface area contributed by atoms with E-state index in [1.165, 1.54) is 0 Å². The van der Waals surface area contributed by atoms with Crippen LogP contribution in [0, 0.1) is 5.92 Å². The molecule has 0 unspecified atom stereocenters. The summed E-state index contributed by atoms with van der Waals surface area (Å²) in [6, 6.07) is 16.2. The molecule has 4 rings (SSSR count). The van der Waals surface area contributed by atoms with Gasteiger partial charge in [0.05, 0.1) is 6.42 Å². The summed E-state index contributed by atoms with van der Waals surface area (Å²) in [6.45, 7) is 3.79. The molecule has 1 aromatic heterocycles. The number of nitrogens with zero attached hydrogens (tertiary/aromatic N) is 1. The Balaban J connectivity index is 1.33. The standard InChI is InChI=1S/C23H26N4O2/c1-14(2)23(29)24-18-10-17(11-18)20-13-21(27-26-20)25-22(28)12-16-8-5-7-15-6-3-4-9-19(15)16/h3-9,13-14,17-18H,10-12H2,1-2H3,(H,24,29)(H2,25,26,27,28). The highest BCUT2D eigenvalue weighted by Gasteiger charge is 2.33. The molecule has 0 aliphatic heterocycles. The van der Waals surface area contributed by atoms with Crippen molar-refractivity contribution in [2.24, 2.45) is 5.92 Å². The van der Waals surface area contributed by atoms with Gasteiger partial charge in [0.25, 0.3) is 0 Å². The number of aromatic amines is 1. The molecule has 1 aliphatic carbocycles. The molecule has 6 heteroatoms. The largest absolute Gasteiger partial charge is 0.353 e. The lowest BCUT2D eigenvalue weighted by molar-refractivity contribution is -0.125. The second kappa shape index (κ2) is 8.07. The third-order valence-electron chi connectivity index (χ3n) is 5.54. The minimum Gasteiger partial charge on any atom is -0.353 e. The Bertz CT molecular complexity index is 1030. The van der Waals surface area contributed by atoms with Gasteiger partial charge < -0.3 is 10.6 Å². The van der Waals surface area contributed by atoms with E-state index in [1.807, 2.05) is 62.4 Å². The Hall–Kier alpha value is -3.15. The Morgan fingerprint density at radius 2 is 1.90 bits per heavy atom. The van der Waals surface area contributed by atoms with E-state index in [9.17, 15) is 9.59 Å². The first-order chi connectivity index (χ1) is 14.0. The van der Waals surface area contributed by atoms with Crippen molar-refractivity contribution in [1.29, 1.82) is 0 Å². The lowest BCUT2D eigenvalue weighted by atomic mass is 9.78. The van der Waals surface area contributed by atoms with Crippen LogP contribution in [0.3, 0.4) is 0 Å². The van der Waals surface area contributed by atoms with Crippen molar-refractivity contribution in [2.45, 2.75) is 45.1 Å². The summed E-state index contributed by atoms with van der Waals surface area (Å²) < 4.78 is 0. The number of H-pyrrole nitrogens is 1. The van der Waals surface area contributed by atoms with Crippen molar-refractivity contribution in [3.63, 3.8) is 0 Å². The van der Waals surface area contributed by atoms with Crippen molar-refractivity contribution in [3.8, 4) is 0 Å². The SMILES string of the molecule is CC(C)C(=O)NC1CC(c2cc(NC(=O)Cc3cccc4ccccc34)n[nH]2)C1. The van der Waals surface area contributed by atoms with E-state index < -0.39 is 0 Å². The van der Waals surface area contributed by atoms with Crippen molar-refractivity contribution in [1.82, 2.24) is 15.5 Å². The molecule has 1 fully saturated rings. The Morgan fingerprint density at radius 3 is 2.69 bits per heavy atom. The summed E-state index contributed by atoms with van der Waals surface area (Å²) in [4.78, 5) is 24.3. The van der Waals surface area contributed by atoms with Gasteiger partial charge in [-0.25, -0.2) is 0 Å². The van der Waals surface area contributed by atoms with Crippen LogP contribution in [0.15, 0.2) is 48.5 Å². The van der Waals surface area contributed by atoms with Crippen molar-refractivity contribution < 1.29 is 9.59 Å². The predicted molar refractivity (Wildman–Crippen MR) is 114 cm³/mol. The van der Waals surface area contributed by atoms with E-state index in [-0.39, 0.29) is 23.8 Å². The van der Waals surface area contributed by atoms with Crippen LogP contribution in [0.1, 0.15) is 43.9 Å². The number of amides is 2. The van der Waals surface area contributed by atoms with Gasteiger partial charge in [-0.05, 0) is 29.2 Å². The molecule has 0 spiro atoms. The maximum absolute atomic E-state index is 12.5. The second-order valence-electron chi connectivity index (χ2n) is 8.10. The van der Waals surface area contributed by atoms with E-state index in [0.29, 0.717) is 18.2 Å². The Kier molecular flexibility index (Phi) is 5.34. The van der Waals surface area contributed by atoms with Gasteiger partial charge in [0.1, 0.15) is 0 Å². The van der Waals surface area contributed by atoms with Crippen LogP contribution in [0.2, 0.25) is 0 Å². The average Bonchev–Trinajstić information content (AvgIpc) is 3.12. The number of hydrogen-bond acceptors (Lipinski definition) is 3. The lowest BCUT2D eigenvalue weighted by Gasteiger charge is -2.35. The molecule has 1 aliphatic rings. The Morgan fingerprint density at radius 1 is 1.14 bits per heavy atom. The molecule has 1 saturated carbocycles. The minimum atomic E-state index is -0.0879. The Labute approximate surface area is 170 Å². The highest BCUT2D eigenvalue weighted by molar-refractivity contribution is 5.95. The molecule has 150 valence electrons. The first-order valence-corrected chi connectivity index (χ1v) is 10.1. The minimum absolute atomic E-state index is 0.00440. The van der Waals surface area contributed by atoms with Gasteiger partial charge in [-0.2, -0.15) is 5.10 Å². The third-order valence-corrected chi connectivity index (χ3v) is 5.54. The molecular formula is C23H26N4O2. The molecule has 0 bridgehead atoms. The summed E-state index contributed by atoms with van der Waals surface area (Å²) in [6.07, 6.45) is 2.09. The molecule has 0 atom stereocenters. The highest BCUT2D eigenvalue weighted by Crippen LogP contribution is 2.36. The molecule has 3 aromatic rings. The van der Waals surface area contributed by atoms with Crippen molar-refractivity contribution in [3.05, 3.63) is 59.8 Å². The van der Waals surface area contributed by atoms with Gasteiger partial charge >= 0.3 is 0 Å². The van der Waals surface area contributed by atoms with Gasteiger partial charge in [0, 0.05) is 29.6 Å². The van der Waals surface area contributed by atoms with Crippen LogP contribution in [-0.4, -0.2) is 28.1 Å². The van der Waals surface area contributed by atoms with Gasteiger partial charge in [0.15, 0.2) is 5.82 Å². The zero-order chi connectivity index (χ0) is 20.4. The topological polar surface area (TPSA) is 86.9 Å².